The number of benzene rings is 3. The van der Waals surface area contributed by atoms with Crippen LogP contribution in [-0.2, 0) is 16.6 Å². The lowest BCUT2D eigenvalue weighted by molar-refractivity contribution is -0.120. The Morgan fingerprint density at radius 3 is 2.33 bits per heavy atom. The number of nitrogens with one attached hydrogen (secondary N) is 3. The predicted octanol–water partition coefficient (Wildman–Crippen LogP) is 7.84. The number of ether oxygens (including phenoxy) is 2. The van der Waals surface area contributed by atoms with Crippen LogP contribution >= 0.6 is 0 Å². The van der Waals surface area contributed by atoms with E-state index in [9.17, 15) is 14.4 Å². The topological polar surface area (TPSA) is 182 Å². The van der Waals surface area contributed by atoms with Crippen molar-refractivity contribution in [1.29, 1.82) is 0 Å². The van der Waals surface area contributed by atoms with Crippen LogP contribution in [0.3, 0.4) is 0 Å². The Labute approximate surface area is 445 Å². The molecule has 3 aliphatic rings. The van der Waals surface area contributed by atoms with Gasteiger partial charge in [0.15, 0.2) is 5.82 Å². The van der Waals surface area contributed by atoms with Crippen LogP contribution in [0.5, 0.6) is 11.5 Å². The number of carbonyl (C=O) groups excluding carboxylic acids is 3. The second-order valence-electron chi connectivity index (χ2n) is 20.5. The number of nitrogens with zero attached hydrogens (tertiary/aromatic N) is 11. The summed E-state index contributed by atoms with van der Waals surface area (Å²) in [5.74, 6) is 1.47. The summed E-state index contributed by atoms with van der Waals surface area (Å²) in [7, 11) is 15.0. The van der Waals surface area contributed by atoms with Crippen LogP contribution in [-0.4, -0.2) is 152 Å². The van der Waals surface area contributed by atoms with Crippen LogP contribution < -0.4 is 45.0 Å². The Morgan fingerprint density at radius 2 is 1.61 bits per heavy atom. The van der Waals surface area contributed by atoms with E-state index in [0.29, 0.717) is 70.2 Å². The quantitative estimate of drug-likeness (QED) is 0.0667. The minimum absolute atomic E-state index is 0.00140. The number of hydrogen-bond acceptors (Lipinski definition) is 15. The second-order valence-corrected chi connectivity index (χ2v) is 20.5. The highest BCUT2D eigenvalue weighted by atomic mass is 16.5. The number of amides is 3. The molecule has 0 radical (unpaired) electrons. The first-order valence-corrected chi connectivity index (χ1v) is 26.3. The molecule has 76 heavy (non-hydrogen) atoms. The van der Waals surface area contributed by atoms with Gasteiger partial charge in [0.05, 0.1) is 55.4 Å². The van der Waals surface area contributed by atoms with E-state index in [4.69, 9.17) is 24.4 Å². The maximum absolute atomic E-state index is 14.9. The molecule has 0 bridgehead atoms. The molecule has 2 aliphatic heterocycles. The fourth-order valence-corrected chi connectivity index (χ4v) is 10.7. The number of aromatic nitrogens is 5. The molecule has 5 heterocycles. The fourth-order valence-electron chi connectivity index (χ4n) is 10.7. The van der Waals surface area contributed by atoms with Gasteiger partial charge in [0, 0.05) is 92.4 Å². The van der Waals surface area contributed by atoms with Crippen LogP contribution in [0, 0.1) is 0 Å². The van der Waals surface area contributed by atoms with Gasteiger partial charge in [-0.3, -0.25) is 14.4 Å². The van der Waals surface area contributed by atoms with Gasteiger partial charge in [-0.2, -0.15) is 4.98 Å². The summed E-state index contributed by atoms with van der Waals surface area (Å²) in [5.41, 5.74) is 6.24. The molecule has 3 amide bonds. The molecular weight excluding hydrogens is 961 g/mol. The molecule has 400 valence electrons. The average molecular weight is 1030 g/mol. The standard InChI is InChI=1S/C57H72N14O5/c1-11-45-55(74)69(8)49-33-59-57(64-52(49)71(45)39-16-12-13-17-39)70(47-21-20-37(30-51(47)76-10)54(73)60-38-23-26-66(5)27-24-38)34-36(2)53(72)61-43-31-44(50(75-9)32-48(43)67(6)29-28-65(3)4)63-56-58-25-22-42(62-56)41-35-68(7)46-19-15-14-18-40(41)46/h14-15,18-22,25,30-33,35,38-39,45H,2,11-13,16-17,23-24,26-29,34H2,1,3-10H3,(H,60,73)(H,61,72)(H,58,62,63)/t45-/m1/s1. The maximum Gasteiger partial charge on any atom is 0.252 e. The molecule has 3 aromatic heterocycles. The van der Waals surface area contributed by atoms with E-state index in [1.807, 2.05) is 65.4 Å². The lowest BCUT2D eigenvalue weighted by Crippen LogP contribution is -2.55. The van der Waals surface area contributed by atoms with E-state index in [1.54, 1.807) is 61.7 Å². The SMILES string of the molecule is C=C(CN(c1ncc2c(n1)N(C1CCCC1)[C@H](CC)C(=O)N2C)c1ccc(C(=O)NC2CCN(C)CC2)cc1OC)C(=O)Nc1cc(Nc2nccc(-c3cn(C)c4ccccc34)n2)c(OC)cc1N(C)CCN(C)C. The van der Waals surface area contributed by atoms with Crippen molar-refractivity contribution >= 4 is 74.8 Å². The van der Waals surface area contributed by atoms with Gasteiger partial charge in [-0.15, -0.1) is 0 Å². The van der Waals surface area contributed by atoms with E-state index < -0.39 is 11.9 Å². The predicted molar refractivity (Wildman–Crippen MR) is 302 cm³/mol. The van der Waals surface area contributed by atoms with Crippen molar-refractivity contribution in [3.05, 3.63) is 97.0 Å². The first kappa shape index (κ1) is 53.1. The number of para-hydroxylation sites is 1. The molecule has 19 nitrogen and oxygen atoms in total. The number of rotatable bonds is 19. The van der Waals surface area contributed by atoms with E-state index in [-0.39, 0.29) is 42.0 Å². The third kappa shape index (κ3) is 11.1. The molecular formula is C57H72N14O5. The summed E-state index contributed by atoms with van der Waals surface area (Å²) in [6, 6.07) is 18.8. The van der Waals surface area contributed by atoms with Gasteiger partial charge >= 0.3 is 0 Å². The summed E-state index contributed by atoms with van der Waals surface area (Å²) in [6.07, 6.45) is 11.8. The van der Waals surface area contributed by atoms with Crippen LogP contribution in [0.4, 0.5) is 46.2 Å². The normalized spacial score (nSPS) is 16.2. The van der Waals surface area contributed by atoms with E-state index in [0.717, 1.165) is 80.3 Å². The molecule has 1 saturated heterocycles. The zero-order valence-corrected chi connectivity index (χ0v) is 45.4. The monoisotopic (exact) mass is 1030 g/mol. The summed E-state index contributed by atoms with van der Waals surface area (Å²) in [4.78, 5) is 74.3. The van der Waals surface area contributed by atoms with E-state index >= 15 is 0 Å². The second kappa shape index (κ2) is 23.0. The molecule has 0 spiro atoms. The van der Waals surface area contributed by atoms with E-state index in [2.05, 4.69) is 77.1 Å². The highest BCUT2D eigenvalue weighted by molar-refractivity contribution is 6.07. The molecule has 3 N–H and O–H groups in total. The van der Waals surface area contributed by atoms with Gasteiger partial charge in [0.1, 0.15) is 23.2 Å². The van der Waals surface area contributed by atoms with Crippen LogP contribution in [0.1, 0.15) is 62.2 Å². The highest BCUT2D eigenvalue weighted by Gasteiger charge is 2.42. The minimum Gasteiger partial charge on any atom is -0.495 e. The molecule has 2 fully saturated rings. The zero-order chi connectivity index (χ0) is 53.8. The zero-order valence-electron chi connectivity index (χ0n) is 45.4. The molecule has 1 aliphatic carbocycles. The van der Waals surface area contributed by atoms with Crippen molar-refractivity contribution in [3.8, 4) is 22.8 Å². The Balaban J connectivity index is 1.07. The summed E-state index contributed by atoms with van der Waals surface area (Å²) in [6.45, 7) is 9.52. The third-order valence-electron chi connectivity index (χ3n) is 15.0. The van der Waals surface area contributed by atoms with Crippen molar-refractivity contribution in [2.24, 2.45) is 7.05 Å². The van der Waals surface area contributed by atoms with Crippen LogP contribution in [0.15, 0.2) is 91.4 Å². The molecule has 1 atom stereocenters. The number of carbonyl (C=O) groups is 3. The van der Waals surface area contributed by atoms with Gasteiger partial charge in [-0.25, -0.2) is 15.0 Å². The highest BCUT2D eigenvalue weighted by Crippen LogP contribution is 2.43. The fraction of sp³-hybridized carbons (Fsp3) is 0.421. The number of anilines is 8. The lowest BCUT2D eigenvalue weighted by atomic mass is 10.0. The largest absolute Gasteiger partial charge is 0.495 e. The first-order valence-electron chi connectivity index (χ1n) is 26.3. The number of likely N-dealkylation sites (tertiary alicyclic amines) is 1. The van der Waals surface area contributed by atoms with Crippen molar-refractivity contribution in [3.63, 3.8) is 0 Å². The Bertz CT molecular complexity index is 3110. The lowest BCUT2D eigenvalue weighted by Gasteiger charge is -2.43. The summed E-state index contributed by atoms with van der Waals surface area (Å²) >= 11 is 0. The third-order valence-corrected chi connectivity index (χ3v) is 15.0. The van der Waals surface area contributed by atoms with Crippen molar-refractivity contribution in [1.82, 2.24) is 39.6 Å². The number of piperidine rings is 1. The Morgan fingerprint density at radius 1 is 0.855 bits per heavy atom. The molecule has 1 saturated carbocycles. The number of aryl methyl sites for hydroxylation is 1. The molecule has 9 rings (SSSR count). The van der Waals surface area contributed by atoms with Crippen LogP contribution in [0.2, 0.25) is 0 Å². The van der Waals surface area contributed by atoms with Crippen molar-refractivity contribution < 1.29 is 23.9 Å². The van der Waals surface area contributed by atoms with Crippen molar-refractivity contribution in [2.75, 3.05) is 112 Å². The molecule has 3 aromatic carbocycles. The van der Waals surface area contributed by atoms with Crippen LogP contribution in [0.25, 0.3) is 22.2 Å². The van der Waals surface area contributed by atoms with Gasteiger partial charge < -0.3 is 59.4 Å². The molecule has 19 heteroatoms. The van der Waals surface area contributed by atoms with E-state index in [1.165, 1.54) is 0 Å². The molecule has 6 aromatic rings. The summed E-state index contributed by atoms with van der Waals surface area (Å²) < 4.78 is 14.1. The maximum atomic E-state index is 14.9. The van der Waals surface area contributed by atoms with Gasteiger partial charge in [-0.05, 0) is 103 Å². The number of hydrogen-bond donors (Lipinski definition) is 3. The number of fused-ring (bicyclic) bond motifs is 2. The molecule has 0 unspecified atom stereocenters. The van der Waals surface area contributed by atoms with Gasteiger partial charge in [0.25, 0.3) is 11.8 Å². The number of likely N-dealkylation sites (N-methyl/N-ethyl adjacent to an activating group) is 3. The van der Waals surface area contributed by atoms with Gasteiger partial charge in [-0.1, -0.05) is 44.5 Å². The van der Waals surface area contributed by atoms with Crippen molar-refractivity contribution in [2.45, 2.75) is 70.0 Å². The Hall–Kier alpha value is -7.77. The smallest absolute Gasteiger partial charge is 0.252 e. The Kier molecular flexibility index (Phi) is 16.1. The minimum atomic E-state index is -0.465. The van der Waals surface area contributed by atoms with Gasteiger partial charge in [0.2, 0.25) is 17.8 Å². The average Bonchev–Trinajstić information content (AvgIpc) is 4.11. The first-order chi connectivity index (χ1) is 36.6. The summed E-state index contributed by atoms with van der Waals surface area (Å²) in [5, 5.41) is 10.9. The number of methoxy groups -OCH3 is 2.